The van der Waals surface area contributed by atoms with Crippen LogP contribution >= 0.6 is 0 Å². The number of rotatable bonds is 5. The molecule has 0 spiro atoms. The number of para-hydroxylation sites is 1. The van der Waals surface area contributed by atoms with E-state index < -0.39 is 0 Å². The van der Waals surface area contributed by atoms with Crippen molar-refractivity contribution in [3.63, 3.8) is 0 Å². The summed E-state index contributed by atoms with van der Waals surface area (Å²) in [6.07, 6.45) is 3.88. The van der Waals surface area contributed by atoms with E-state index in [9.17, 15) is 0 Å². The first-order valence-electron chi connectivity index (χ1n) is 8.61. The van der Waals surface area contributed by atoms with E-state index in [1.807, 2.05) is 66.1 Å². The Morgan fingerprint density at radius 2 is 1.85 bits per heavy atom. The van der Waals surface area contributed by atoms with Gasteiger partial charge in [-0.05, 0) is 26.0 Å². The van der Waals surface area contributed by atoms with E-state index >= 15 is 0 Å². The van der Waals surface area contributed by atoms with E-state index in [2.05, 4.69) is 32.7 Å². The smallest absolute Gasteiger partial charge is 0.191 e. The lowest BCUT2D eigenvalue weighted by atomic mass is 10.2. The van der Waals surface area contributed by atoms with Gasteiger partial charge < -0.3 is 10.6 Å². The van der Waals surface area contributed by atoms with Gasteiger partial charge in [-0.2, -0.15) is 10.2 Å². The molecule has 2 heterocycles. The van der Waals surface area contributed by atoms with Gasteiger partial charge in [0.25, 0.3) is 0 Å². The number of aliphatic imine (C=N–C) groups is 1. The van der Waals surface area contributed by atoms with Crippen LogP contribution in [0.15, 0.2) is 47.7 Å². The Kier molecular flexibility index (Phi) is 5.36. The van der Waals surface area contributed by atoms with Crippen LogP contribution in [0.4, 0.5) is 0 Å². The molecule has 0 amide bonds. The van der Waals surface area contributed by atoms with E-state index in [1.54, 1.807) is 7.05 Å². The fraction of sp³-hybridized carbons (Fsp3) is 0.316. The van der Waals surface area contributed by atoms with E-state index in [0.717, 1.165) is 28.6 Å². The number of benzene rings is 1. The van der Waals surface area contributed by atoms with E-state index in [4.69, 9.17) is 0 Å². The van der Waals surface area contributed by atoms with Gasteiger partial charge in [-0.3, -0.25) is 9.67 Å². The summed E-state index contributed by atoms with van der Waals surface area (Å²) in [7, 11) is 3.73. The lowest BCUT2D eigenvalue weighted by Gasteiger charge is -2.11. The van der Waals surface area contributed by atoms with Crippen LogP contribution in [0.2, 0.25) is 0 Å². The Morgan fingerprint density at radius 3 is 2.50 bits per heavy atom. The Bertz CT molecular complexity index is 890. The molecule has 0 bridgehead atoms. The van der Waals surface area contributed by atoms with Crippen molar-refractivity contribution in [1.82, 2.24) is 30.2 Å². The maximum absolute atomic E-state index is 4.44. The second-order valence-corrected chi connectivity index (χ2v) is 6.18. The highest BCUT2D eigenvalue weighted by Crippen LogP contribution is 2.11. The highest BCUT2D eigenvalue weighted by molar-refractivity contribution is 5.79. The summed E-state index contributed by atoms with van der Waals surface area (Å²) in [6, 6.07) is 10.1. The topological polar surface area (TPSA) is 72.1 Å². The number of nitrogens with zero attached hydrogens (tertiary/aromatic N) is 5. The standard InChI is InChI=1S/C19H25N7/c1-14-18(15(2)25(4)24-14)12-22-19(20-3)21-10-16-11-23-26(13-16)17-8-6-5-7-9-17/h5-9,11,13H,10,12H2,1-4H3,(H2,20,21,22). The molecule has 1 aromatic carbocycles. The number of guanidine groups is 1. The van der Waals surface area contributed by atoms with Crippen molar-refractivity contribution in [2.24, 2.45) is 12.0 Å². The fourth-order valence-corrected chi connectivity index (χ4v) is 2.83. The number of aromatic nitrogens is 4. The first kappa shape index (κ1) is 17.7. The first-order valence-corrected chi connectivity index (χ1v) is 8.61. The molecule has 0 saturated heterocycles. The molecule has 26 heavy (non-hydrogen) atoms. The zero-order valence-corrected chi connectivity index (χ0v) is 15.7. The van der Waals surface area contributed by atoms with Crippen LogP contribution in [-0.2, 0) is 20.1 Å². The molecule has 2 aromatic heterocycles. The number of hydrogen-bond donors (Lipinski definition) is 2. The molecule has 0 fully saturated rings. The van der Waals surface area contributed by atoms with Crippen molar-refractivity contribution in [3.8, 4) is 5.69 Å². The van der Waals surface area contributed by atoms with Crippen LogP contribution in [0, 0.1) is 13.8 Å². The minimum absolute atomic E-state index is 0.650. The summed E-state index contributed by atoms with van der Waals surface area (Å²) in [5.41, 5.74) is 5.54. The molecular weight excluding hydrogens is 326 g/mol. The Hall–Kier alpha value is -3.09. The van der Waals surface area contributed by atoms with Gasteiger partial charge in [0.2, 0.25) is 0 Å². The van der Waals surface area contributed by atoms with E-state index in [1.165, 1.54) is 5.56 Å². The summed E-state index contributed by atoms with van der Waals surface area (Å²) in [5, 5.41) is 15.5. The monoisotopic (exact) mass is 351 g/mol. The summed E-state index contributed by atoms with van der Waals surface area (Å²) in [4.78, 5) is 4.29. The third kappa shape index (κ3) is 3.93. The highest BCUT2D eigenvalue weighted by Gasteiger charge is 2.10. The molecule has 7 heteroatoms. The van der Waals surface area contributed by atoms with Gasteiger partial charge >= 0.3 is 0 Å². The quantitative estimate of drug-likeness (QED) is 0.545. The molecule has 0 saturated carbocycles. The second-order valence-electron chi connectivity index (χ2n) is 6.18. The highest BCUT2D eigenvalue weighted by atomic mass is 15.3. The predicted octanol–water partition coefficient (Wildman–Crippen LogP) is 2.09. The molecule has 0 atom stereocenters. The molecule has 0 aliphatic rings. The third-order valence-electron chi connectivity index (χ3n) is 4.43. The van der Waals surface area contributed by atoms with Gasteiger partial charge in [-0.15, -0.1) is 0 Å². The average Bonchev–Trinajstić information content (AvgIpc) is 3.22. The van der Waals surface area contributed by atoms with Crippen LogP contribution < -0.4 is 10.6 Å². The first-order chi connectivity index (χ1) is 12.6. The number of nitrogens with one attached hydrogen (secondary N) is 2. The van der Waals surface area contributed by atoms with Gasteiger partial charge in [0.1, 0.15) is 0 Å². The van der Waals surface area contributed by atoms with Gasteiger partial charge in [-0.1, -0.05) is 18.2 Å². The van der Waals surface area contributed by atoms with Crippen molar-refractivity contribution in [2.75, 3.05) is 7.05 Å². The molecule has 3 aromatic rings. The summed E-state index contributed by atoms with van der Waals surface area (Å²) < 4.78 is 3.77. The Labute approximate surface area is 153 Å². The minimum Gasteiger partial charge on any atom is -0.352 e. The molecule has 136 valence electrons. The predicted molar refractivity (Wildman–Crippen MR) is 103 cm³/mol. The van der Waals surface area contributed by atoms with Gasteiger partial charge in [-0.25, -0.2) is 4.68 Å². The van der Waals surface area contributed by atoms with Gasteiger partial charge in [0, 0.05) is 50.2 Å². The summed E-state index contributed by atoms with van der Waals surface area (Å²) in [5.74, 6) is 0.750. The Morgan fingerprint density at radius 1 is 1.12 bits per heavy atom. The summed E-state index contributed by atoms with van der Waals surface area (Å²) >= 11 is 0. The van der Waals surface area contributed by atoms with Crippen molar-refractivity contribution in [2.45, 2.75) is 26.9 Å². The van der Waals surface area contributed by atoms with Crippen molar-refractivity contribution >= 4 is 5.96 Å². The largest absolute Gasteiger partial charge is 0.352 e. The molecule has 7 nitrogen and oxygen atoms in total. The lowest BCUT2D eigenvalue weighted by molar-refractivity contribution is 0.728. The van der Waals surface area contributed by atoms with Crippen LogP contribution in [0.1, 0.15) is 22.5 Å². The molecule has 0 aliphatic heterocycles. The average molecular weight is 351 g/mol. The molecule has 0 aliphatic carbocycles. The SMILES string of the molecule is CN=C(NCc1cnn(-c2ccccc2)c1)NCc1c(C)nn(C)c1C. The molecule has 0 unspecified atom stereocenters. The minimum atomic E-state index is 0.650. The normalized spacial score (nSPS) is 11.6. The molecular formula is C19H25N7. The van der Waals surface area contributed by atoms with Crippen LogP contribution in [0.25, 0.3) is 5.69 Å². The summed E-state index contributed by atoms with van der Waals surface area (Å²) in [6.45, 7) is 5.44. The maximum Gasteiger partial charge on any atom is 0.191 e. The number of aryl methyl sites for hydroxylation is 2. The lowest BCUT2D eigenvalue weighted by Crippen LogP contribution is -2.36. The van der Waals surface area contributed by atoms with E-state index in [0.29, 0.717) is 13.1 Å². The zero-order chi connectivity index (χ0) is 18.5. The van der Waals surface area contributed by atoms with Crippen LogP contribution in [0.5, 0.6) is 0 Å². The third-order valence-corrected chi connectivity index (χ3v) is 4.43. The van der Waals surface area contributed by atoms with Crippen LogP contribution in [0.3, 0.4) is 0 Å². The fourth-order valence-electron chi connectivity index (χ4n) is 2.83. The van der Waals surface area contributed by atoms with Crippen molar-refractivity contribution < 1.29 is 0 Å². The van der Waals surface area contributed by atoms with Crippen molar-refractivity contribution in [3.05, 3.63) is 65.2 Å². The van der Waals surface area contributed by atoms with Crippen molar-refractivity contribution in [1.29, 1.82) is 0 Å². The Balaban J connectivity index is 1.57. The second kappa shape index (κ2) is 7.86. The van der Waals surface area contributed by atoms with Gasteiger partial charge in [0.15, 0.2) is 5.96 Å². The van der Waals surface area contributed by atoms with Gasteiger partial charge in [0.05, 0.1) is 17.6 Å². The number of hydrogen-bond acceptors (Lipinski definition) is 3. The molecule has 0 radical (unpaired) electrons. The molecule has 2 N–H and O–H groups in total. The van der Waals surface area contributed by atoms with E-state index in [-0.39, 0.29) is 0 Å². The van der Waals surface area contributed by atoms with Crippen LogP contribution in [-0.4, -0.2) is 32.6 Å². The zero-order valence-electron chi connectivity index (χ0n) is 15.7. The maximum atomic E-state index is 4.44. The molecule has 3 rings (SSSR count).